The molecule has 2 rings (SSSR count). The molecule has 0 spiro atoms. The van der Waals surface area contributed by atoms with Crippen molar-refractivity contribution in [2.24, 2.45) is 0 Å². The predicted molar refractivity (Wildman–Crippen MR) is 58.3 cm³/mol. The maximum absolute atomic E-state index is 12.9. The van der Waals surface area contributed by atoms with Gasteiger partial charge in [-0.1, -0.05) is 0 Å². The summed E-state index contributed by atoms with van der Waals surface area (Å²) in [6.07, 6.45) is 0.850. The van der Waals surface area contributed by atoms with E-state index in [9.17, 15) is 4.39 Å². The van der Waals surface area contributed by atoms with Crippen molar-refractivity contribution in [1.29, 1.82) is 0 Å². The monoisotopic (exact) mass is 207 g/mol. The number of hydrogen-bond donors (Lipinski definition) is 1. The summed E-state index contributed by atoms with van der Waals surface area (Å²) >= 11 is 0. The zero-order chi connectivity index (χ0) is 10.8. The Morgan fingerprint density at radius 3 is 2.93 bits per heavy atom. The van der Waals surface area contributed by atoms with Gasteiger partial charge >= 0.3 is 0 Å². The quantitative estimate of drug-likeness (QED) is 0.832. The van der Waals surface area contributed by atoms with Gasteiger partial charge in [-0.2, -0.15) is 0 Å². The third-order valence-electron chi connectivity index (χ3n) is 2.29. The van der Waals surface area contributed by atoms with Gasteiger partial charge in [0.25, 0.3) is 0 Å². The minimum atomic E-state index is -0.231. The fourth-order valence-electron chi connectivity index (χ4n) is 1.48. The number of benzene rings is 1. The Balaban J connectivity index is 2.23. The maximum atomic E-state index is 12.9. The topological polar surface area (TPSA) is 31.9 Å². The van der Waals surface area contributed by atoms with Crippen molar-refractivity contribution in [3.63, 3.8) is 0 Å². The largest absolute Gasteiger partial charge is 0.342 e. The number of halogens is 1. The standard InChI is InChI=1S/C11H14FN3/c1-15(2)6-5-11-13-9-4-3-8(12)7-10(9)14-11/h3-4,7H,5-6H2,1-2H3,(H,13,14). The Bertz CT molecular complexity index is 462. The summed E-state index contributed by atoms with van der Waals surface area (Å²) in [5.41, 5.74) is 1.59. The van der Waals surface area contributed by atoms with E-state index < -0.39 is 0 Å². The lowest BCUT2D eigenvalue weighted by Gasteiger charge is -2.06. The molecule has 0 radical (unpaired) electrons. The normalized spacial score (nSPS) is 11.5. The van der Waals surface area contributed by atoms with Crippen LogP contribution in [0.25, 0.3) is 11.0 Å². The highest BCUT2D eigenvalue weighted by molar-refractivity contribution is 5.74. The zero-order valence-corrected chi connectivity index (χ0v) is 8.92. The molecule has 4 heteroatoms. The number of aromatic amines is 1. The Hall–Kier alpha value is -1.42. The van der Waals surface area contributed by atoms with Gasteiger partial charge in [-0.15, -0.1) is 0 Å². The van der Waals surface area contributed by atoms with E-state index in [1.54, 1.807) is 6.07 Å². The van der Waals surface area contributed by atoms with E-state index in [4.69, 9.17) is 0 Å². The number of rotatable bonds is 3. The molecule has 15 heavy (non-hydrogen) atoms. The molecule has 1 aromatic heterocycles. The van der Waals surface area contributed by atoms with Gasteiger partial charge in [0.15, 0.2) is 0 Å². The summed E-state index contributed by atoms with van der Waals surface area (Å²) in [5, 5.41) is 0. The molecule has 0 aliphatic heterocycles. The summed E-state index contributed by atoms with van der Waals surface area (Å²) in [6, 6.07) is 4.60. The molecule has 0 saturated carbocycles. The molecule has 2 aromatic rings. The SMILES string of the molecule is CN(C)CCc1nc2ccc(F)cc2[nH]1. The van der Waals surface area contributed by atoms with E-state index in [-0.39, 0.29) is 5.82 Å². The van der Waals surface area contributed by atoms with Crippen molar-refractivity contribution in [2.75, 3.05) is 20.6 Å². The number of aromatic nitrogens is 2. The van der Waals surface area contributed by atoms with Crippen molar-refractivity contribution in [3.05, 3.63) is 29.8 Å². The van der Waals surface area contributed by atoms with Gasteiger partial charge in [0.2, 0.25) is 0 Å². The number of imidazole rings is 1. The molecule has 0 unspecified atom stereocenters. The molecule has 0 aliphatic carbocycles. The van der Waals surface area contributed by atoms with Crippen LogP contribution in [-0.4, -0.2) is 35.5 Å². The van der Waals surface area contributed by atoms with Crippen LogP contribution in [0.3, 0.4) is 0 Å². The van der Waals surface area contributed by atoms with Crippen LogP contribution in [0.1, 0.15) is 5.82 Å². The highest BCUT2D eigenvalue weighted by Gasteiger charge is 2.03. The fraction of sp³-hybridized carbons (Fsp3) is 0.364. The highest BCUT2D eigenvalue weighted by Crippen LogP contribution is 2.13. The van der Waals surface area contributed by atoms with Crippen LogP contribution in [-0.2, 0) is 6.42 Å². The summed E-state index contributed by atoms with van der Waals surface area (Å²) in [6.45, 7) is 0.933. The first-order valence-corrected chi connectivity index (χ1v) is 4.94. The van der Waals surface area contributed by atoms with E-state index in [1.807, 2.05) is 14.1 Å². The van der Waals surface area contributed by atoms with E-state index >= 15 is 0 Å². The van der Waals surface area contributed by atoms with Crippen LogP contribution < -0.4 is 0 Å². The Kier molecular flexibility index (Phi) is 2.68. The number of nitrogens with one attached hydrogen (secondary N) is 1. The van der Waals surface area contributed by atoms with Gasteiger partial charge in [0.1, 0.15) is 11.6 Å². The van der Waals surface area contributed by atoms with Crippen molar-refractivity contribution in [3.8, 4) is 0 Å². The van der Waals surface area contributed by atoms with Crippen molar-refractivity contribution in [2.45, 2.75) is 6.42 Å². The van der Waals surface area contributed by atoms with Gasteiger partial charge in [0, 0.05) is 13.0 Å². The number of H-pyrrole nitrogens is 1. The average Bonchev–Trinajstić information content (AvgIpc) is 2.56. The summed E-state index contributed by atoms with van der Waals surface area (Å²) in [5.74, 6) is 0.676. The molecule has 0 aliphatic rings. The van der Waals surface area contributed by atoms with Crippen LogP contribution in [0.2, 0.25) is 0 Å². The molecular weight excluding hydrogens is 193 g/mol. The van der Waals surface area contributed by atoms with Gasteiger partial charge in [0.05, 0.1) is 11.0 Å². The molecule has 1 N–H and O–H groups in total. The molecule has 0 fully saturated rings. The minimum Gasteiger partial charge on any atom is -0.342 e. The first kappa shape index (κ1) is 10.1. The van der Waals surface area contributed by atoms with Gasteiger partial charge in [-0.05, 0) is 32.3 Å². The smallest absolute Gasteiger partial charge is 0.125 e. The average molecular weight is 207 g/mol. The Morgan fingerprint density at radius 2 is 2.20 bits per heavy atom. The molecule has 3 nitrogen and oxygen atoms in total. The first-order valence-electron chi connectivity index (χ1n) is 4.94. The van der Waals surface area contributed by atoms with Crippen LogP contribution in [0.15, 0.2) is 18.2 Å². The van der Waals surface area contributed by atoms with Crippen molar-refractivity contribution in [1.82, 2.24) is 14.9 Å². The molecule has 0 amide bonds. The highest BCUT2D eigenvalue weighted by atomic mass is 19.1. The lowest BCUT2D eigenvalue weighted by Crippen LogP contribution is -2.15. The summed E-state index contributed by atoms with van der Waals surface area (Å²) < 4.78 is 12.9. The number of nitrogens with zero attached hydrogens (tertiary/aromatic N) is 2. The zero-order valence-electron chi connectivity index (χ0n) is 8.92. The lowest BCUT2D eigenvalue weighted by atomic mass is 10.3. The second kappa shape index (κ2) is 3.98. The molecule has 0 saturated heterocycles. The third-order valence-corrected chi connectivity index (χ3v) is 2.29. The molecule has 0 bridgehead atoms. The lowest BCUT2D eigenvalue weighted by molar-refractivity contribution is 0.410. The van der Waals surface area contributed by atoms with Crippen LogP contribution in [0, 0.1) is 5.82 Å². The molecular formula is C11H14FN3. The minimum absolute atomic E-state index is 0.231. The maximum Gasteiger partial charge on any atom is 0.125 e. The summed E-state index contributed by atoms with van der Waals surface area (Å²) in [7, 11) is 4.03. The van der Waals surface area contributed by atoms with Gasteiger partial charge in [-0.3, -0.25) is 0 Å². The first-order chi connectivity index (χ1) is 7.15. The third kappa shape index (κ3) is 2.33. The predicted octanol–water partition coefficient (Wildman–Crippen LogP) is 1.81. The van der Waals surface area contributed by atoms with Crippen molar-refractivity contribution < 1.29 is 4.39 Å². The van der Waals surface area contributed by atoms with E-state index in [2.05, 4.69) is 14.9 Å². The van der Waals surface area contributed by atoms with E-state index in [0.29, 0.717) is 0 Å². The van der Waals surface area contributed by atoms with Crippen LogP contribution >= 0.6 is 0 Å². The Morgan fingerprint density at radius 1 is 1.40 bits per heavy atom. The molecule has 80 valence electrons. The molecule has 0 atom stereocenters. The fourth-order valence-corrected chi connectivity index (χ4v) is 1.48. The molecule has 1 aromatic carbocycles. The second-order valence-electron chi connectivity index (χ2n) is 3.90. The van der Waals surface area contributed by atoms with Crippen molar-refractivity contribution >= 4 is 11.0 Å². The number of likely N-dealkylation sites (N-methyl/N-ethyl adjacent to an activating group) is 1. The van der Waals surface area contributed by atoms with Gasteiger partial charge < -0.3 is 9.88 Å². The molecule has 1 heterocycles. The van der Waals surface area contributed by atoms with Gasteiger partial charge in [-0.25, -0.2) is 9.37 Å². The Labute approximate surface area is 87.9 Å². The van der Waals surface area contributed by atoms with Crippen LogP contribution in [0.5, 0.6) is 0 Å². The number of hydrogen-bond acceptors (Lipinski definition) is 2. The van der Waals surface area contributed by atoms with E-state index in [0.717, 1.165) is 29.8 Å². The number of fused-ring (bicyclic) bond motifs is 1. The van der Waals surface area contributed by atoms with Crippen LogP contribution in [0.4, 0.5) is 4.39 Å². The second-order valence-corrected chi connectivity index (χ2v) is 3.90. The van der Waals surface area contributed by atoms with E-state index in [1.165, 1.54) is 12.1 Å². The summed E-state index contributed by atoms with van der Waals surface area (Å²) in [4.78, 5) is 9.58.